The predicted molar refractivity (Wildman–Crippen MR) is 90.4 cm³/mol. The zero-order valence-corrected chi connectivity index (χ0v) is 14.1. The van der Waals surface area contributed by atoms with Gasteiger partial charge in [0, 0.05) is 24.5 Å². The minimum atomic E-state index is 0.0350. The lowest BCUT2D eigenvalue weighted by Crippen LogP contribution is -2.45. The third-order valence-electron chi connectivity index (χ3n) is 4.48. The number of carbonyl (C=O) groups excluding carboxylic acids is 1. The van der Waals surface area contributed by atoms with Gasteiger partial charge in [-0.3, -0.25) is 9.48 Å². The third kappa shape index (κ3) is 3.37. The van der Waals surface area contributed by atoms with E-state index in [-0.39, 0.29) is 11.9 Å². The molecule has 1 aliphatic rings. The molecular weight excluding hydrogens is 306 g/mol. The molecule has 24 heavy (non-hydrogen) atoms. The van der Waals surface area contributed by atoms with Gasteiger partial charge in [-0.2, -0.15) is 5.10 Å². The van der Waals surface area contributed by atoms with Gasteiger partial charge < -0.3 is 14.4 Å². The van der Waals surface area contributed by atoms with E-state index in [0.29, 0.717) is 17.1 Å². The molecule has 0 bridgehead atoms. The molecule has 1 saturated heterocycles. The Morgan fingerprint density at radius 2 is 2.08 bits per heavy atom. The summed E-state index contributed by atoms with van der Waals surface area (Å²) in [6.07, 6.45) is 6.88. The SMILES string of the molecule is COc1ccc(C(=O)N2CCCC[C@@H]2Cn2cccn2)cc1OC. The normalized spacial score (nSPS) is 17.6. The summed E-state index contributed by atoms with van der Waals surface area (Å²) in [6.45, 7) is 1.51. The largest absolute Gasteiger partial charge is 0.493 e. The number of piperidine rings is 1. The lowest BCUT2D eigenvalue weighted by atomic mass is 10.0. The van der Waals surface area contributed by atoms with Crippen molar-refractivity contribution >= 4 is 5.91 Å². The van der Waals surface area contributed by atoms with Crippen LogP contribution in [0.25, 0.3) is 0 Å². The number of nitrogens with zero attached hydrogens (tertiary/aromatic N) is 3. The average molecular weight is 329 g/mol. The Morgan fingerprint density at radius 3 is 2.79 bits per heavy atom. The molecular formula is C18H23N3O3. The van der Waals surface area contributed by atoms with Crippen molar-refractivity contribution in [2.24, 2.45) is 0 Å². The highest BCUT2D eigenvalue weighted by Gasteiger charge is 2.28. The van der Waals surface area contributed by atoms with Crippen molar-refractivity contribution in [2.75, 3.05) is 20.8 Å². The highest BCUT2D eigenvalue weighted by molar-refractivity contribution is 5.95. The van der Waals surface area contributed by atoms with Crippen molar-refractivity contribution in [3.63, 3.8) is 0 Å². The number of hydrogen-bond acceptors (Lipinski definition) is 4. The van der Waals surface area contributed by atoms with Crippen LogP contribution in [0.4, 0.5) is 0 Å². The van der Waals surface area contributed by atoms with Gasteiger partial charge in [-0.05, 0) is 43.5 Å². The average Bonchev–Trinajstić information content (AvgIpc) is 3.14. The number of rotatable bonds is 5. The number of benzene rings is 1. The molecule has 2 aromatic rings. The van der Waals surface area contributed by atoms with Crippen LogP contribution in [-0.2, 0) is 6.54 Å². The van der Waals surface area contributed by atoms with Crippen LogP contribution in [0.1, 0.15) is 29.6 Å². The van der Waals surface area contributed by atoms with Crippen LogP contribution < -0.4 is 9.47 Å². The van der Waals surface area contributed by atoms with E-state index in [4.69, 9.17) is 9.47 Å². The van der Waals surface area contributed by atoms with Gasteiger partial charge in [0.05, 0.1) is 26.8 Å². The highest BCUT2D eigenvalue weighted by Crippen LogP contribution is 2.29. The molecule has 0 unspecified atom stereocenters. The Kier molecular flexibility index (Phi) is 5.03. The zero-order chi connectivity index (χ0) is 16.9. The summed E-state index contributed by atoms with van der Waals surface area (Å²) in [5.41, 5.74) is 0.625. The van der Waals surface area contributed by atoms with E-state index in [1.165, 1.54) is 0 Å². The topological polar surface area (TPSA) is 56.6 Å². The van der Waals surface area contributed by atoms with Gasteiger partial charge in [0.1, 0.15) is 0 Å². The Hall–Kier alpha value is -2.50. The smallest absolute Gasteiger partial charge is 0.254 e. The molecule has 0 radical (unpaired) electrons. The van der Waals surface area contributed by atoms with E-state index >= 15 is 0 Å². The molecule has 3 rings (SSSR count). The van der Waals surface area contributed by atoms with Gasteiger partial charge in [0.15, 0.2) is 11.5 Å². The first-order valence-electron chi connectivity index (χ1n) is 8.23. The Bertz CT molecular complexity index is 685. The molecule has 6 heteroatoms. The summed E-state index contributed by atoms with van der Waals surface area (Å²) in [5, 5.41) is 4.27. The molecule has 0 aliphatic carbocycles. The van der Waals surface area contributed by atoms with Crippen LogP contribution in [0.15, 0.2) is 36.7 Å². The van der Waals surface area contributed by atoms with Crippen molar-refractivity contribution in [1.82, 2.24) is 14.7 Å². The lowest BCUT2D eigenvalue weighted by Gasteiger charge is -2.36. The second kappa shape index (κ2) is 7.38. The number of hydrogen-bond donors (Lipinski definition) is 0. The first-order chi connectivity index (χ1) is 11.7. The molecule has 2 heterocycles. The number of amides is 1. The van der Waals surface area contributed by atoms with E-state index in [2.05, 4.69) is 5.10 Å². The molecule has 1 atom stereocenters. The molecule has 0 N–H and O–H groups in total. The summed E-state index contributed by atoms with van der Waals surface area (Å²) in [6, 6.07) is 7.39. The number of ether oxygens (including phenoxy) is 2. The second-order valence-electron chi connectivity index (χ2n) is 5.95. The summed E-state index contributed by atoms with van der Waals surface area (Å²) in [4.78, 5) is 15.0. The number of carbonyl (C=O) groups is 1. The van der Waals surface area contributed by atoms with Crippen LogP contribution >= 0.6 is 0 Å². The molecule has 1 fully saturated rings. The van der Waals surface area contributed by atoms with Crippen LogP contribution in [0.2, 0.25) is 0 Å². The monoisotopic (exact) mass is 329 g/mol. The van der Waals surface area contributed by atoms with Crippen molar-refractivity contribution in [3.8, 4) is 11.5 Å². The van der Waals surface area contributed by atoms with Gasteiger partial charge in [-0.1, -0.05) is 0 Å². The number of aromatic nitrogens is 2. The van der Waals surface area contributed by atoms with Crippen LogP contribution in [0.5, 0.6) is 11.5 Å². The van der Waals surface area contributed by atoms with Gasteiger partial charge in [0.2, 0.25) is 0 Å². The zero-order valence-electron chi connectivity index (χ0n) is 14.1. The number of methoxy groups -OCH3 is 2. The lowest BCUT2D eigenvalue weighted by molar-refractivity contribution is 0.0583. The molecule has 128 valence electrons. The van der Waals surface area contributed by atoms with E-state index in [1.807, 2.05) is 21.8 Å². The van der Waals surface area contributed by atoms with Crippen LogP contribution in [0.3, 0.4) is 0 Å². The van der Waals surface area contributed by atoms with Gasteiger partial charge in [-0.25, -0.2) is 0 Å². The van der Waals surface area contributed by atoms with E-state index in [9.17, 15) is 4.79 Å². The molecule has 1 aromatic heterocycles. The molecule has 1 aromatic carbocycles. The third-order valence-corrected chi connectivity index (χ3v) is 4.48. The van der Waals surface area contributed by atoms with Crippen molar-refractivity contribution in [3.05, 3.63) is 42.2 Å². The molecule has 6 nitrogen and oxygen atoms in total. The minimum absolute atomic E-state index is 0.0350. The molecule has 0 spiro atoms. The van der Waals surface area contributed by atoms with Gasteiger partial charge >= 0.3 is 0 Å². The van der Waals surface area contributed by atoms with E-state index in [0.717, 1.165) is 32.4 Å². The van der Waals surface area contributed by atoms with E-state index in [1.54, 1.807) is 38.6 Å². The summed E-state index contributed by atoms with van der Waals surface area (Å²) < 4.78 is 12.5. The molecule has 1 aliphatic heterocycles. The first-order valence-corrected chi connectivity index (χ1v) is 8.23. The van der Waals surface area contributed by atoms with E-state index < -0.39 is 0 Å². The standard InChI is InChI=1S/C18H23N3O3/c1-23-16-8-7-14(12-17(16)24-2)18(22)21-11-4-3-6-15(21)13-20-10-5-9-19-20/h5,7-10,12,15H,3-4,6,11,13H2,1-2H3/t15-/m1/s1. The maximum absolute atomic E-state index is 13.0. The fourth-order valence-corrected chi connectivity index (χ4v) is 3.22. The second-order valence-corrected chi connectivity index (χ2v) is 5.95. The minimum Gasteiger partial charge on any atom is -0.493 e. The summed E-state index contributed by atoms with van der Waals surface area (Å²) in [7, 11) is 3.16. The van der Waals surface area contributed by atoms with Crippen LogP contribution in [0, 0.1) is 0 Å². The number of likely N-dealkylation sites (tertiary alicyclic amines) is 1. The van der Waals surface area contributed by atoms with Crippen molar-refractivity contribution < 1.29 is 14.3 Å². The summed E-state index contributed by atoms with van der Waals surface area (Å²) in [5.74, 6) is 1.23. The molecule has 0 saturated carbocycles. The predicted octanol–water partition coefficient (Wildman–Crippen LogP) is 2.60. The quantitative estimate of drug-likeness (QED) is 0.846. The fourth-order valence-electron chi connectivity index (χ4n) is 3.22. The highest BCUT2D eigenvalue weighted by atomic mass is 16.5. The first kappa shape index (κ1) is 16.4. The maximum atomic E-state index is 13.0. The van der Waals surface area contributed by atoms with Crippen molar-refractivity contribution in [1.29, 1.82) is 0 Å². The van der Waals surface area contributed by atoms with Crippen molar-refractivity contribution in [2.45, 2.75) is 31.8 Å². The van der Waals surface area contributed by atoms with Gasteiger partial charge in [0.25, 0.3) is 5.91 Å². The fraction of sp³-hybridized carbons (Fsp3) is 0.444. The Labute approximate surface area is 142 Å². The van der Waals surface area contributed by atoms with Crippen LogP contribution in [-0.4, -0.2) is 47.4 Å². The Morgan fingerprint density at radius 1 is 1.25 bits per heavy atom. The maximum Gasteiger partial charge on any atom is 0.254 e. The Balaban J connectivity index is 1.81. The molecule has 1 amide bonds. The summed E-state index contributed by atoms with van der Waals surface area (Å²) >= 11 is 0. The van der Waals surface area contributed by atoms with Gasteiger partial charge in [-0.15, -0.1) is 0 Å².